The van der Waals surface area contributed by atoms with Crippen LogP contribution in [0.25, 0.3) is 0 Å². The molecular formula is C21H30F2O8S. The molecule has 5 fully saturated rings. The highest BCUT2D eigenvalue weighted by atomic mass is 32.2. The van der Waals surface area contributed by atoms with Gasteiger partial charge in [-0.2, -0.15) is 8.78 Å². The molecule has 5 aliphatic carbocycles. The molecular weight excluding hydrogens is 450 g/mol. The second-order valence-electron chi connectivity index (χ2n) is 10.3. The van der Waals surface area contributed by atoms with Crippen LogP contribution < -0.4 is 0 Å². The Bertz CT molecular complexity index is 698. The van der Waals surface area contributed by atoms with Crippen molar-refractivity contribution in [2.75, 3.05) is 13.2 Å². The van der Waals surface area contributed by atoms with Crippen LogP contribution in [0.2, 0.25) is 0 Å². The third-order valence-corrected chi connectivity index (χ3v) is 8.31. The largest absolute Gasteiger partial charge is 0.460 e. The van der Waals surface area contributed by atoms with Crippen LogP contribution in [0.5, 0.6) is 0 Å². The summed E-state index contributed by atoms with van der Waals surface area (Å²) in [5, 5.41) is 16.5. The van der Waals surface area contributed by atoms with Crippen LogP contribution in [-0.4, -0.2) is 46.4 Å². The number of hydrogen-bond acceptors (Lipinski definition) is 9. The highest BCUT2D eigenvalue weighted by molar-refractivity contribution is 7.96. The number of carbonyl (C=O) groups is 2. The number of hydrogen-bond donors (Lipinski definition) is 2. The molecule has 2 unspecified atom stereocenters. The summed E-state index contributed by atoms with van der Waals surface area (Å²) in [6.07, 6.45) is 7.62. The average molecular weight is 481 g/mol. The van der Waals surface area contributed by atoms with Gasteiger partial charge in [-0.1, -0.05) is 5.04 Å². The van der Waals surface area contributed by atoms with Crippen LogP contribution in [0.4, 0.5) is 8.78 Å². The Morgan fingerprint density at radius 1 is 1.06 bits per heavy atom. The maximum atomic E-state index is 13.8. The van der Waals surface area contributed by atoms with Gasteiger partial charge in [0.05, 0.1) is 12.5 Å². The van der Waals surface area contributed by atoms with E-state index < -0.39 is 34.3 Å². The van der Waals surface area contributed by atoms with Gasteiger partial charge in [-0.3, -0.25) is 4.79 Å². The number of rotatable bonds is 9. The van der Waals surface area contributed by atoms with Crippen molar-refractivity contribution >= 4 is 24.0 Å². The molecule has 0 aliphatic heterocycles. The molecule has 5 rings (SSSR count). The fourth-order valence-corrected chi connectivity index (χ4v) is 7.17. The molecule has 0 aromatic heterocycles. The number of carbonyl (C=O) groups excluding carboxylic acids is 2. The summed E-state index contributed by atoms with van der Waals surface area (Å²) in [6.45, 7) is -0.0249. The Morgan fingerprint density at radius 3 is 2.31 bits per heavy atom. The lowest BCUT2D eigenvalue weighted by molar-refractivity contribution is -0.433. The lowest BCUT2D eigenvalue weighted by Crippen LogP contribution is -2.59. The number of ether oxygens (including phenoxy) is 2. The van der Waals surface area contributed by atoms with Gasteiger partial charge in [0.2, 0.25) is 0 Å². The normalized spacial score (nSPS) is 38.5. The van der Waals surface area contributed by atoms with Gasteiger partial charge < -0.3 is 14.6 Å². The molecule has 5 aliphatic rings. The third kappa shape index (κ3) is 5.06. The van der Waals surface area contributed by atoms with Crippen LogP contribution in [0, 0.1) is 29.1 Å². The molecule has 182 valence electrons. The minimum absolute atomic E-state index is 0.146. The van der Waals surface area contributed by atoms with Crippen LogP contribution in [0.15, 0.2) is 0 Å². The first kappa shape index (κ1) is 24.1. The van der Waals surface area contributed by atoms with Crippen molar-refractivity contribution in [3.8, 4) is 0 Å². The van der Waals surface area contributed by atoms with Crippen LogP contribution in [-0.2, 0) is 28.4 Å². The Balaban J connectivity index is 1.38. The van der Waals surface area contributed by atoms with Gasteiger partial charge in [-0.25, -0.2) is 10.1 Å². The zero-order valence-corrected chi connectivity index (χ0v) is 18.6. The smallest absolute Gasteiger partial charge is 0.415 e. The Morgan fingerprint density at radius 2 is 1.72 bits per heavy atom. The van der Waals surface area contributed by atoms with Gasteiger partial charge >= 0.3 is 17.2 Å². The van der Waals surface area contributed by atoms with Gasteiger partial charge in [0, 0.05) is 12.0 Å². The van der Waals surface area contributed by atoms with Crippen molar-refractivity contribution in [3.05, 3.63) is 0 Å². The van der Waals surface area contributed by atoms with Gasteiger partial charge in [0.15, 0.2) is 0 Å². The van der Waals surface area contributed by atoms with E-state index in [4.69, 9.17) is 14.7 Å². The first-order valence-electron chi connectivity index (χ1n) is 11.2. The lowest BCUT2D eigenvalue weighted by Gasteiger charge is -2.61. The monoisotopic (exact) mass is 480 g/mol. The number of esters is 2. The van der Waals surface area contributed by atoms with Crippen molar-refractivity contribution < 1.29 is 47.6 Å². The van der Waals surface area contributed by atoms with E-state index in [1.54, 1.807) is 0 Å². The molecule has 2 atom stereocenters. The van der Waals surface area contributed by atoms with Crippen molar-refractivity contribution in [2.45, 2.75) is 75.1 Å². The standard InChI is InChI=1S/C21H30F2O8S/c22-21(23,32-31-30-27)18(26)28-12-19-6-14-5-15(7-19)9-20(8-14,11-19)29-17(25)16-3-1-13(10-24)2-4-16/h13-16,24,27H,1-12H2. The van der Waals surface area contributed by atoms with Gasteiger partial charge in [0.1, 0.15) is 17.6 Å². The first-order valence-corrected chi connectivity index (χ1v) is 12.0. The third-order valence-electron chi connectivity index (χ3n) is 7.80. The molecule has 0 amide bonds. The molecule has 4 bridgehead atoms. The van der Waals surface area contributed by atoms with E-state index in [1.165, 1.54) is 0 Å². The molecule has 0 spiro atoms. The van der Waals surface area contributed by atoms with Crippen LogP contribution >= 0.6 is 12.0 Å². The molecule has 0 saturated heterocycles. The van der Waals surface area contributed by atoms with Gasteiger partial charge in [-0.05, 0) is 82.0 Å². The fourth-order valence-electron chi connectivity index (χ4n) is 6.93. The Kier molecular flexibility index (Phi) is 7.03. The maximum Gasteiger partial charge on any atom is 0.415 e. The summed E-state index contributed by atoms with van der Waals surface area (Å²) in [5.41, 5.74) is -1.10. The summed E-state index contributed by atoms with van der Waals surface area (Å²) in [5.74, 6) is -1.24. The molecule has 8 nitrogen and oxygen atoms in total. The molecule has 5 saturated carbocycles. The minimum atomic E-state index is -4.03. The van der Waals surface area contributed by atoms with Crippen molar-refractivity contribution in [1.29, 1.82) is 0 Å². The second kappa shape index (κ2) is 9.32. The van der Waals surface area contributed by atoms with Crippen LogP contribution in [0.3, 0.4) is 0 Å². The predicted octanol–water partition coefficient (Wildman–Crippen LogP) is 3.87. The van der Waals surface area contributed by atoms with E-state index in [0.717, 1.165) is 44.9 Å². The topological polar surface area (TPSA) is 112 Å². The highest BCUT2D eigenvalue weighted by Gasteiger charge is 2.60. The first-order chi connectivity index (χ1) is 15.2. The minimum Gasteiger partial charge on any atom is -0.460 e. The van der Waals surface area contributed by atoms with E-state index >= 15 is 0 Å². The van der Waals surface area contributed by atoms with E-state index in [0.29, 0.717) is 31.1 Å². The Hall–Kier alpha value is -1.01. The SMILES string of the molecule is O=C(OC12CC3CC(CC(COC(=O)C(F)(F)SOOO)(C3)C1)C2)C1CCC(CO)CC1. The van der Waals surface area contributed by atoms with Gasteiger partial charge in [-0.15, -0.1) is 4.33 Å². The second-order valence-corrected chi connectivity index (χ2v) is 11.1. The highest BCUT2D eigenvalue weighted by Crippen LogP contribution is 2.63. The molecule has 0 radical (unpaired) electrons. The lowest BCUT2D eigenvalue weighted by atomic mass is 9.48. The van der Waals surface area contributed by atoms with E-state index in [9.17, 15) is 23.5 Å². The molecule has 0 aromatic rings. The number of alkyl halides is 2. The number of halogens is 2. The average Bonchev–Trinajstić information content (AvgIpc) is 2.75. The Labute approximate surface area is 189 Å². The summed E-state index contributed by atoms with van der Waals surface area (Å²) in [6, 6.07) is 0. The summed E-state index contributed by atoms with van der Waals surface area (Å²) >= 11 is -0.636. The van der Waals surface area contributed by atoms with Crippen LogP contribution in [0.1, 0.15) is 64.2 Å². The van der Waals surface area contributed by atoms with Crippen molar-refractivity contribution in [1.82, 2.24) is 0 Å². The zero-order valence-electron chi connectivity index (χ0n) is 17.8. The molecule has 0 heterocycles. The maximum absolute atomic E-state index is 13.8. The predicted molar refractivity (Wildman–Crippen MR) is 107 cm³/mol. The van der Waals surface area contributed by atoms with E-state index in [-0.39, 0.29) is 31.0 Å². The van der Waals surface area contributed by atoms with E-state index in [2.05, 4.69) is 9.37 Å². The number of aliphatic hydroxyl groups excluding tert-OH is 1. The summed E-state index contributed by atoms with van der Waals surface area (Å²) < 4.78 is 42.4. The van der Waals surface area contributed by atoms with Crippen molar-refractivity contribution in [2.24, 2.45) is 29.1 Å². The summed E-state index contributed by atoms with van der Waals surface area (Å²) in [7, 11) is 0. The van der Waals surface area contributed by atoms with Crippen molar-refractivity contribution in [3.63, 3.8) is 0 Å². The van der Waals surface area contributed by atoms with Gasteiger partial charge in [0.25, 0.3) is 0 Å². The fraction of sp³-hybridized carbons (Fsp3) is 0.905. The molecule has 0 aromatic carbocycles. The van der Waals surface area contributed by atoms with E-state index in [1.807, 2.05) is 0 Å². The molecule has 2 N–H and O–H groups in total. The quantitative estimate of drug-likeness (QED) is 0.220. The molecule has 11 heteroatoms. The zero-order chi connectivity index (χ0) is 23.0. The summed E-state index contributed by atoms with van der Waals surface area (Å²) in [4.78, 5) is 24.8. The molecule has 32 heavy (non-hydrogen) atoms. The number of aliphatic hydroxyl groups is 1.